The highest BCUT2D eigenvalue weighted by atomic mass is 16.6. The van der Waals surface area contributed by atoms with Crippen LogP contribution in [0, 0.1) is 28.6 Å². The van der Waals surface area contributed by atoms with Crippen molar-refractivity contribution in [2.45, 2.75) is 85.4 Å². The molecule has 0 radical (unpaired) electrons. The first-order chi connectivity index (χ1) is 14.9. The summed E-state index contributed by atoms with van der Waals surface area (Å²) in [5.41, 5.74) is 0.835. The van der Waals surface area contributed by atoms with Gasteiger partial charge in [0, 0.05) is 23.2 Å². The molecule has 5 nitrogen and oxygen atoms in total. The van der Waals surface area contributed by atoms with Crippen LogP contribution in [-0.4, -0.2) is 34.3 Å². The van der Waals surface area contributed by atoms with Crippen LogP contribution in [0.2, 0.25) is 0 Å². The number of allylic oxidation sites excluding steroid dienone is 5. The van der Waals surface area contributed by atoms with Gasteiger partial charge < -0.3 is 9.84 Å². The van der Waals surface area contributed by atoms with Gasteiger partial charge in [0.2, 0.25) is 0 Å². The monoisotopic (exact) mass is 440 g/mol. The Morgan fingerprint density at radius 3 is 2.56 bits per heavy atom. The van der Waals surface area contributed by atoms with E-state index in [4.69, 9.17) is 4.74 Å². The summed E-state index contributed by atoms with van der Waals surface area (Å²) >= 11 is 0. The Balaban J connectivity index is 1.87. The third kappa shape index (κ3) is 2.89. The van der Waals surface area contributed by atoms with E-state index in [9.17, 15) is 19.5 Å². The number of ether oxygens (including phenoxy) is 1. The maximum atomic E-state index is 13.2. The average molecular weight is 441 g/mol. The topological polar surface area (TPSA) is 80.7 Å². The molecule has 32 heavy (non-hydrogen) atoms. The third-order valence-electron chi connectivity index (χ3n) is 8.96. The number of aliphatic hydroxyl groups is 1. The molecule has 0 unspecified atom stereocenters. The van der Waals surface area contributed by atoms with Crippen LogP contribution >= 0.6 is 0 Å². The van der Waals surface area contributed by atoms with Gasteiger partial charge >= 0.3 is 5.97 Å². The number of carbonyl (C=O) groups excluding carboxylic acids is 3. The molecule has 0 aromatic carbocycles. The lowest BCUT2D eigenvalue weighted by Gasteiger charge is -2.55. The van der Waals surface area contributed by atoms with Crippen molar-refractivity contribution < 1.29 is 24.2 Å². The SMILES string of the molecule is CCCC(=O)O[C@]1(C(C)=O)[C@@H](C)C[C@H]2C3=C([C@@H](O)C[C@@]21C)[C@@]1(C)C=CC(=O)C=C1[C@@H](C)C3. The van der Waals surface area contributed by atoms with Crippen molar-refractivity contribution >= 4 is 17.5 Å². The molecule has 1 fully saturated rings. The van der Waals surface area contributed by atoms with Gasteiger partial charge in [-0.2, -0.15) is 0 Å². The number of hydrogen-bond donors (Lipinski definition) is 1. The van der Waals surface area contributed by atoms with E-state index in [2.05, 4.69) is 13.8 Å². The van der Waals surface area contributed by atoms with Crippen molar-refractivity contribution in [1.82, 2.24) is 0 Å². The van der Waals surface area contributed by atoms with E-state index in [1.165, 1.54) is 12.5 Å². The number of carbonyl (C=O) groups is 3. The molecule has 0 spiro atoms. The summed E-state index contributed by atoms with van der Waals surface area (Å²) in [6.07, 6.45) is 7.31. The molecule has 0 aromatic rings. The number of rotatable bonds is 4. The van der Waals surface area contributed by atoms with Gasteiger partial charge in [0.1, 0.15) is 0 Å². The van der Waals surface area contributed by atoms with Gasteiger partial charge in [0.05, 0.1) is 6.10 Å². The molecule has 0 aliphatic heterocycles. The molecule has 0 amide bonds. The largest absolute Gasteiger partial charge is 0.450 e. The lowest BCUT2D eigenvalue weighted by atomic mass is 9.51. The average Bonchev–Trinajstić information content (AvgIpc) is 2.91. The van der Waals surface area contributed by atoms with Crippen LogP contribution < -0.4 is 0 Å². The van der Waals surface area contributed by atoms with Crippen molar-refractivity contribution in [3.63, 3.8) is 0 Å². The number of ketones is 2. The Kier molecular flexibility index (Phi) is 5.44. The van der Waals surface area contributed by atoms with E-state index >= 15 is 0 Å². The standard InChI is InChI=1S/C27H36O5/c1-7-8-23(31)32-27(17(4)28)16(3)12-21-19-11-15(2)20-13-18(29)9-10-25(20,5)24(19)22(30)14-26(21,27)6/h9-10,13,15-16,21-22,30H,7-8,11-12,14H2,1-6H3/t15-,16-,21-,22-,25-,26-,27-/m0/s1. The van der Waals surface area contributed by atoms with Crippen LogP contribution in [0.25, 0.3) is 0 Å². The van der Waals surface area contributed by atoms with Gasteiger partial charge in [-0.3, -0.25) is 14.4 Å². The van der Waals surface area contributed by atoms with Crippen LogP contribution in [0.1, 0.15) is 73.6 Å². The predicted molar refractivity (Wildman–Crippen MR) is 122 cm³/mol. The summed E-state index contributed by atoms with van der Waals surface area (Å²) in [6.45, 7) is 11.7. The summed E-state index contributed by atoms with van der Waals surface area (Å²) in [6, 6.07) is 0. The highest BCUT2D eigenvalue weighted by Gasteiger charge is 2.70. The molecular formula is C27H36O5. The maximum absolute atomic E-state index is 13.2. The maximum Gasteiger partial charge on any atom is 0.306 e. The minimum atomic E-state index is -1.23. The van der Waals surface area contributed by atoms with E-state index in [0.717, 1.165) is 24.0 Å². The van der Waals surface area contributed by atoms with E-state index in [-0.39, 0.29) is 41.7 Å². The Labute approximate surface area is 191 Å². The molecule has 4 aliphatic rings. The summed E-state index contributed by atoms with van der Waals surface area (Å²) in [7, 11) is 0. The fourth-order valence-corrected chi connectivity index (χ4v) is 7.77. The third-order valence-corrected chi connectivity index (χ3v) is 8.96. The Bertz CT molecular complexity index is 971. The number of aliphatic hydroxyl groups excluding tert-OH is 1. The summed E-state index contributed by atoms with van der Waals surface area (Å²) in [5.74, 6) is -0.411. The van der Waals surface area contributed by atoms with Crippen molar-refractivity contribution in [2.24, 2.45) is 28.6 Å². The second kappa shape index (κ2) is 7.51. The first-order valence-corrected chi connectivity index (χ1v) is 12.0. The minimum Gasteiger partial charge on any atom is -0.450 e. The number of hydrogen-bond acceptors (Lipinski definition) is 5. The van der Waals surface area contributed by atoms with Crippen LogP contribution in [0.4, 0.5) is 0 Å². The Morgan fingerprint density at radius 2 is 1.94 bits per heavy atom. The van der Waals surface area contributed by atoms with Gasteiger partial charge in [-0.1, -0.05) is 39.3 Å². The van der Waals surface area contributed by atoms with E-state index in [1.54, 1.807) is 12.2 Å². The second-order valence-corrected chi connectivity index (χ2v) is 10.9. The zero-order valence-electron chi connectivity index (χ0n) is 20.2. The second-order valence-electron chi connectivity index (χ2n) is 10.9. The van der Waals surface area contributed by atoms with Crippen LogP contribution in [0.5, 0.6) is 0 Å². The van der Waals surface area contributed by atoms with E-state index < -0.39 is 22.5 Å². The predicted octanol–water partition coefficient (Wildman–Crippen LogP) is 4.49. The van der Waals surface area contributed by atoms with Crippen molar-refractivity contribution in [1.29, 1.82) is 0 Å². The molecular weight excluding hydrogens is 404 g/mol. The van der Waals surface area contributed by atoms with Crippen molar-refractivity contribution in [3.8, 4) is 0 Å². The van der Waals surface area contributed by atoms with Crippen LogP contribution in [0.15, 0.2) is 34.9 Å². The quantitative estimate of drug-likeness (QED) is 0.514. The molecule has 7 atom stereocenters. The van der Waals surface area contributed by atoms with Crippen molar-refractivity contribution in [2.75, 3.05) is 0 Å². The van der Waals surface area contributed by atoms with Gasteiger partial charge in [-0.25, -0.2) is 0 Å². The zero-order valence-corrected chi connectivity index (χ0v) is 20.2. The summed E-state index contributed by atoms with van der Waals surface area (Å²) in [5, 5.41) is 11.6. The molecule has 4 rings (SSSR count). The number of Topliss-reactive ketones (excluding diaryl/α,β-unsaturated/α-hetero) is 1. The number of esters is 1. The molecule has 5 heteroatoms. The Morgan fingerprint density at radius 1 is 1.25 bits per heavy atom. The molecule has 0 aromatic heterocycles. The number of fused-ring (bicyclic) bond motifs is 4. The Hall–Kier alpha value is -2.01. The van der Waals surface area contributed by atoms with Gasteiger partial charge in [-0.15, -0.1) is 0 Å². The molecule has 0 bridgehead atoms. The summed E-state index contributed by atoms with van der Waals surface area (Å²) < 4.78 is 6.09. The first kappa shape index (κ1) is 23.2. The lowest BCUT2D eigenvalue weighted by molar-refractivity contribution is -0.189. The van der Waals surface area contributed by atoms with Crippen LogP contribution in [0.3, 0.4) is 0 Å². The lowest BCUT2D eigenvalue weighted by Crippen LogP contribution is -2.59. The van der Waals surface area contributed by atoms with Gasteiger partial charge in [-0.05, 0) is 74.7 Å². The first-order valence-electron chi connectivity index (χ1n) is 12.0. The van der Waals surface area contributed by atoms with Crippen molar-refractivity contribution in [3.05, 3.63) is 34.9 Å². The van der Waals surface area contributed by atoms with E-state index in [0.29, 0.717) is 12.8 Å². The molecule has 4 aliphatic carbocycles. The fraction of sp³-hybridized carbons (Fsp3) is 0.667. The zero-order chi connectivity index (χ0) is 23.6. The highest BCUT2D eigenvalue weighted by Crippen LogP contribution is 2.67. The fourth-order valence-electron chi connectivity index (χ4n) is 7.77. The smallest absolute Gasteiger partial charge is 0.306 e. The van der Waals surface area contributed by atoms with E-state index in [1.807, 2.05) is 26.8 Å². The molecule has 0 heterocycles. The highest BCUT2D eigenvalue weighted by molar-refractivity contribution is 6.01. The van der Waals surface area contributed by atoms with Gasteiger partial charge in [0.25, 0.3) is 0 Å². The minimum absolute atomic E-state index is 0.00330. The van der Waals surface area contributed by atoms with Crippen LogP contribution in [-0.2, 0) is 19.1 Å². The normalized spacial score (nSPS) is 42.7. The van der Waals surface area contributed by atoms with Gasteiger partial charge in [0.15, 0.2) is 17.2 Å². The molecule has 1 N–H and O–H groups in total. The molecule has 1 saturated carbocycles. The summed E-state index contributed by atoms with van der Waals surface area (Å²) in [4.78, 5) is 38.0. The molecule has 0 saturated heterocycles. The molecule has 174 valence electrons.